The normalized spacial score (nSPS) is 14.7. The second kappa shape index (κ2) is 7.55. The summed E-state index contributed by atoms with van der Waals surface area (Å²) in [5.41, 5.74) is 1.31. The number of hydrogen-bond acceptors (Lipinski definition) is 4. The second-order valence-corrected chi connectivity index (χ2v) is 3.99. The van der Waals surface area contributed by atoms with Gasteiger partial charge in [0.25, 0.3) is 6.55 Å². The Hall–Kier alpha value is -1.01. The molecule has 7 heteroatoms. The zero-order valence-corrected chi connectivity index (χ0v) is 12.0. The van der Waals surface area contributed by atoms with Gasteiger partial charge in [0.2, 0.25) is 11.2 Å². The maximum Gasteiger partial charge on any atom is 0.295 e. The van der Waals surface area contributed by atoms with Crippen molar-refractivity contribution in [2.75, 3.05) is 13.2 Å². The number of nitrogens with zero attached hydrogens (tertiary/aromatic N) is 3. The van der Waals surface area contributed by atoms with Gasteiger partial charge in [0.05, 0.1) is 17.9 Å². The summed E-state index contributed by atoms with van der Waals surface area (Å²) < 4.78 is 30.6. The molecule has 0 bridgehead atoms. The highest BCUT2D eigenvalue weighted by atomic mass is 35.5. The van der Waals surface area contributed by atoms with Gasteiger partial charge in [0.1, 0.15) is 0 Å². The van der Waals surface area contributed by atoms with Crippen LogP contribution in [0.2, 0.25) is 5.28 Å². The molecule has 0 saturated heterocycles. The van der Waals surface area contributed by atoms with E-state index in [2.05, 4.69) is 9.97 Å². The lowest BCUT2D eigenvalue weighted by Crippen LogP contribution is -2.35. The first kappa shape index (κ1) is 16.0. The summed E-state index contributed by atoms with van der Waals surface area (Å²) in [5.74, 6) is 0.313. The number of aromatic nitrogens is 2. The van der Waals surface area contributed by atoms with Gasteiger partial charge >= 0.3 is 0 Å². The standard InChI is InChI=1S/C10H12ClF2N3O.C2H6/c1-2-17-8-6-5-16(10(12)13)4-3-7(6)14-9(11)15-8;1-2/h10H,2-5H2,1H3;1-2H3. The molecule has 2 rings (SSSR count). The van der Waals surface area contributed by atoms with E-state index in [-0.39, 0.29) is 18.4 Å². The molecule has 1 aliphatic rings. The molecule has 4 nitrogen and oxygen atoms in total. The predicted octanol–water partition coefficient (Wildman–Crippen LogP) is 3.14. The number of halogens is 3. The molecule has 108 valence electrons. The van der Waals surface area contributed by atoms with Crippen molar-refractivity contribution in [3.8, 4) is 5.88 Å². The van der Waals surface area contributed by atoms with Gasteiger partial charge < -0.3 is 4.74 Å². The Bertz CT molecular complexity index is 418. The fourth-order valence-electron chi connectivity index (χ4n) is 1.80. The Labute approximate surface area is 116 Å². The minimum atomic E-state index is -2.48. The molecule has 0 aromatic carbocycles. The fraction of sp³-hybridized carbons (Fsp3) is 0.667. The van der Waals surface area contributed by atoms with Crippen LogP contribution < -0.4 is 4.74 Å². The lowest BCUT2D eigenvalue weighted by Gasteiger charge is -2.27. The largest absolute Gasteiger partial charge is 0.478 e. The van der Waals surface area contributed by atoms with Crippen LogP contribution in [0.25, 0.3) is 0 Å². The van der Waals surface area contributed by atoms with Crippen molar-refractivity contribution in [2.24, 2.45) is 0 Å². The molecule has 1 aromatic heterocycles. The third kappa shape index (κ3) is 3.98. The van der Waals surface area contributed by atoms with E-state index >= 15 is 0 Å². The van der Waals surface area contributed by atoms with Crippen LogP contribution in [0.3, 0.4) is 0 Å². The summed E-state index contributed by atoms with van der Waals surface area (Å²) in [6.45, 7) is 4.10. The van der Waals surface area contributed by atoms with Gasteiger partial charge in [-0.25, -0.2) is 9.88 Å². The summed E-state index contributed by atoms with van der Waals surface area (Å²) in [6.07, 6.45) is 0.433. The molecule has 0 saturated carbocycles. The summed E-state index contributed by atoms with van der Waals surface area (Å²) >= 11 is 5.75. The zero-order chi connectivity index (χ0) is 14.4. The monoisotopic (exact) mass is 293 g/mol. The molecular formula is C12H18ClF2N3O. The van der Waals surface area contributed by atoms with Crippen molar-refractivity contribution < 1.29 is 13.5 Å². The van der Waals surface area contributed by atoms with Crippen LogP contribution in [-0.4, -0.2) is 34.6 Å². The van der Waals surface area contributed by atoms with Gasteiger partial charge in [-0.2, -0.15) is 13.8 Å². The van der Waals surface area contributed by atoms with Crippen LogP contribution in [0.15, 0.2) is 0 Å². The Morgan fingerprint density at radius 1 is 1.37 bits per heavy atom. The lowest BCUT2D eigenvalue weighted by atomic mass is 10.1. The summed E-state index contributed by atoms with van der Waals surface area (Å²) in [5, 5.41) is 0.0951. The quantitative estimate of drug-likeness (QED) is 0.634. The maximum atomic E-state index is 12.6. The minimum absolute atomic E-state index is 0.0951. The van der Waals surface area contributed by atoms with E-state index in [0.717, 1.165) is 4.90 Å². The first-order valence-electron chi connectivity index (χ1n) is 6.32. The number of rotatable bonds is 3. The summed E-state index contributed by atoms with van der Waals surface area (Å²) in [7, 11) is 0. The molecule has 0 radical (unpaired) electrons. The van der Waals surface area contributed by atoms with Crippen molar-refractivity contribution >= 4 is 11.6 Å². The van der Waals surface area contributed by atoms with E-state index in [1.807, 2.05) is 13.8 Å². The van der Waals surface area contributed by atoms with Crippen molar-refractivity contribution in [3.63, 3.8) is 0 Å². The third-order valence-electron chi connectivity index (χ3n) is 2.58. The third-order valence-corrected chi connectivity index (χ3v) is 2.75. The van der Waals surface area contributed by atoms with Crippen LogP contribution in [-0.2, 0) is 13.0 Å². The highest BCUT2D eigenvalue weighted by molar-refractivity contribution is 6.28. The topological polar surface area (TPSA) is 38.3 Å². The van der Waals surface area contributed by atoms with Crippen molar-refractivity contribution in [1.29, 1.82) is 0 Å². The number of alkyl halides is 2. The minimum Gasteiger partial charge on any atom is -0.478 e. The predicted molar refractivity (Wildman–Crippen MR) is 69.7 cm³/mol. The van der Waals surface area contributed by atoms with Gasteiger partial charge in [0.15, 0.2) is 0 Å². The van der Waals surface area contributed by atoms with E-state index in [4.69, 9.17) is 16.3 Å². The summed E-state index contributed by atoms with van der Waals surface area (Å²) in [6, 6.07) is 0. The van der Waals surface area contributed by atoms with Crippen molar-refractivity contribution in [3.05, 3.63) is 16.5 Å². The van der Waals surface area contributed by atoms with Crippen LogP contribution in [0.4, 0.5) is 8.78 Å². The molecule has 1 aromatic rings. The molecule has 1 aliphatic heterocycles. The van der Waals surface area contributed by atoms with Gasteiger partial charge in [-0.05, 0) is 18.5 Å². The average molecular weight is 294 g/mol. The fourth-order valence-corrected chi connectivity index (χ4v) is 1.98. The van der Waals surface area contributed by atoms with Crippen LogP contribution in [0, 0.1) is 0 Å². The molecule has 0 aliphatic carbocycles. The van der Waals surface area contributed by atoms with Gasteiger partial charge in [-0.3, -0.25) is 0 Å². The number of ether oxygens (including phenoxy) is 1. The smallest absolute Gasteiger partial charge is 0.295 e. The van der Waals surface area contributed by atoms with Crippen molar-refractivity contribution in [2.45, 2.75) is 40.3 Å². The van der Waals surface area contributed by atoms with Crippen LogP contribution >= 0.6 is 11.6 Å². The van der Waals surface area contributed by atoms with Gasteiger partial charge in [0, 0.05) is 19.5 Å². The second-order valence-electron chi connectivity index (χ2n) is 3.65. The molecule has 0 N–H and O–H groups in total. The Balaban J connectivity index is 0.000000861. The molecule has 0 atom stereocenters. The van der Waals surface area contributed by atoms with E-state index in [1.165, 1.54) is 0 Å². The Morgan fingerprint density at radius 2 is 2.05 bits per heavy atom. The van der Waals surface area contributed by atoms with Crippen LogP contribution in [0.5, 0.6) is 5.88 Å². The van der Waals surface area contributed by atoms with E-state index in [1.54, 1.807) is 6.92 Å². The van der Waals surface area contributed by atoms with Crippen molar-refractivity contribution in [1.82, 2.24) is 14.9 Å². The first-order valence-corrected chi connectivity index (χ1v) is 6.70. The number of fused-ring (bicyclic) bond motifs is 1. The Morgan fingerprint density at radius 3 is 2.63 bits per heavy atom. The van der Waals surface area contributed by atoms with E-state index < -0.39 is 6.55 Å². The first-order chi connectivity index (χ1) is 9.11. The Kier molecular flexibility index (Phi) is 6.37. The average Bonchev–Trinajstić information content (AvgIpc) is 2.40. The zero-order valence-electron chi connectivity index (χ0n) is 11.3. The highest BCUT2D eigenvalue weighted by Crippen LogP contribution is 2.28. The molecule has 2 heterocycles. The van der Waals surface area contributed by atoms with Gasteiger partial charge in [-0.1, -0.05) is 13.8 Å². The molecule has 0 unspecified atom stereocenters. The van der Waals surface area contributed by atoms with Gasteiger partial charge in [-0.15, -0.1) is 0 Å². The highest BCUT2D eigenvalue weighted by Gasteiger charge is 2.27. The van der Waals surface area contributed by atoms with E-state index in [9.17, 15) is 8.78 Å². The lowest BCUT2D eigenvalue weighted by molar-refractivity contribution is -0.0365. The molecule has 19 heavy (non-hydrogen) atoms. The number of hydrogen-bond donors (Lipinski definition) is 0. The van der Waals surface area contributed by atoms with E-state index in [0.29, 0.717) is 30.2 Å². The molecule has 0 amide bonds. The molecule has 0 fully saturated rings. The maximum absolute atomic E-state index is 12.6. The molecule has 0 spiro atoms. The SMILES string of the molecule is CC.CCOc1nc(Cl)nc2c1CN(C(F)F)CC2. The summed E-state index contributed by atoms with van der Waals surface area (Å²) in [4.78, 5) is 9.04. The van der Waals surface area contributed by atoms with Crippen LogP contribution in [0.1, 0.15) is 32.0 Å². The molecular weight excluding hydrogens is 276 g/mol.